The highest BCUT2D eigenvalue weighted by Gasteiger charge is 2.10. The van der Waals surface area contributed by atoms with Gasteiger partial charge in [0.05, 0.1) is 21.3 Å². The Balaban J connectivity index is 1.81. The van der Waals surface area contributed by atoms with E-state index < -0.39 is 0 Å². The van der Waals surface area contributed by atoms with Crippen molar-refractivity contribution in [3.8, 4) is 0 Å². The zero-order valence-electron chi connectivity index (χ0n) is 11.4. The fourth-order valence-corrected chi connectivity index (χ4v) is 2.46. The molecule has 1 aromatic heterocycles. The number of hydrogen-bond acceptors (Lipinski definition) is 2. The molecule has 1 heterocycles. The van der Waals surface area contributed by atoms with Crippen LogP contribution in [0.3, 0.4) is 0 Å². The minimum atomic E-state index is -0.216. The van der Waals surface area contributed by atoms with E-state index in [1.54, 1.807) is 29.1 Å². The fourth-order valence-electron chi connectivity index (χ4n) is 1.82. The molecule has 2 rings (SSSR count). The van der Waals surface area contributed by atoms with E-state index in [1.807, 2.05) is 6.92 Å². The second-order valence-electron chi connectivity index (χ2n) is 4.56. The SMILES string of the molecule is Cc1nn(CCCNC(=O)c2ccc(Cl)cc2Cl)cc1Cl. The van der Waals surface area contributed by atoms with E-state index in [2.05, 4.69) is 10.4 Å². The standard InChI is InChI=1S/C14H14Cl3N3O/c1-9-13(17)8-20(19-9)6-2-5-18-14(21)11-4-3-10(15)7-12(11)16/h3-4,7-8H,2,5-6H2,1H3,(H,18,21). The minimum Gasteiger partial charge on any atom is -0.352 e. The number of nitrogens with zero attached hydrogens (tertiary/aromatic N) is 2. The van der Waals surface area contributed by atoms with Crippen LogP contribution >= 0.6 is 34.8 Å². The number of carbonyl (C=O) groups excluding carboxylic acids is 1. The number of halogens is 3. The van der Waals surface area contributed by atoms with Crippen molar-refractivity contribution < 1.29 is 4.79 Å². The molecule has 1 aromatic carbocycles. The Labute approximate surface area is 138 Å². The third-order valence-electron chi connectivity index (χ3n) is 2.91. The molecule has 1 amide bonds. The van der Waals surface area contributed by atoms with Crippen LogP contribution in [-0.4, -0.2) is 22.2 Å². The molecular weight excluding hydrogens is 333 g/mol. The van der Waals surface area contributed by atoms with Gasteiger partial charge in [-0.2, -0.15) is 5.10 Å². The van der Waals surface area contributed by atoms with Gasteiger partial charge in [-0.3, -0.25) is 9.48 Å². The van der Waals surface area contributed by atoms with Crippen LogP contribution in [0.15, 0.2) is 24.4 Å². The molecule has 1 N–H and O–H groups in total. The maximum Gasteiger partial charge on any atom is 0.252 e. The van der Waals surface area contributed by atoms with Crippen molar-refractivity contribution in [2.45, 2.75) is 19.9 Å². The third-order valence-corrected chi connectivity index (χ3v) is 3.83. The smallest absolute Gasteiger partial charge is 0.252 e. The van der Waals surface area contributed by atoms with Gasteiger partial charge in [0.25, 0.3) is 5.91 Å². The third kappa shape index (κ3) is 4.37. The first-order chi connectivity index (χ1) is 9.97. The molecule has 0 unspecified atom stereocenters. The summed E-state index contributed by atoms with van der Waals surface area (Å²) in [7, 11) is 0. The number of rotatable bonds is 5. The van der Waals surface area contributed by atoms with E-state index >= 15 is 0 Å². The van der Waals surface area contributed by atoms with E-state index in [9.17, 15) is 4.79 Å². The van der Waals surface area contributed by atoms with Crippen LogP contribution in [0.25, 0.3) is 0 Å². The Morgan fingerprint density at radius 3 is 2.67 bits per heavy atom. The quantitative estimate of drug-likeness (QED) is 0.833. The number of aryl methyl sites for hydroxylation is 2. The molecule has 0 saturated heterocycles. The lowest BCUT2D eigenvalue weighted by Gasteiger charge is -2.07. The number of benzene rings is 1. The molecule has 21 heavy (non-hydrogen) atoms. The van der Waals surface area contributed by atoms with Gasteiger partial charge in [0.1, 0.15) is 0 Å². The molecule has 0 atom stereocenters. The van der Waals surface area contributed by atoms with Crippen molar-refractivity contribution in [2.75, 3.05) is 6.54 Å². The molecule has 0 radical (unpaired) electrons. The van der Waals surface area contributed by atoms with Crippen LogP contribution in [0.5, 0.6) is 0 Å². The largest absolute Gasteiger partial charge is 0.352 e. The summed E-state index contributed by atoms with van der Waals surface area (Å²) in [5.74, 6) is -0.216. The van der Waals surface area contributed by atoms with Crippen LogP contribution in [0.1, 0.15) is 22.5 Å². The van der Waals surface area contributed by atoms with E-state index in [0.29, 0.717) is 33.7 Å². The predicted molar refractivity (Wildman–Crippen MR) is 85.4 cm³/mol. The molecule has 0 fully saturated rings. The van der Waals surface area contributed by atoms with Crippen molar-refractivity contribution in [1.82, 2.24) is 15.1 Å². The van der Waals surface area contributed by atoms with Gasteiger partial charge in [0.15, 0.2) is 0 Å². The molecule has 112 valence electrons. The van der Waals surface area contributed by atoms with Crippen LogP contribution < -0.4 is 5.32 Å². The lowest BCUT2D eigenvalue weighted by molar-refractivity contribution is 0.0953. The summed E-state index contributed by atoms with van der Waals surface area (Å²) in [5.41, 5.74) is 1.22. The van der Waals surface area contributed by atoms with Gasteiger partial charge in [0.2, 0.25) is 0 Å². The molecule has 0 aliphatic carbocycles. The first-order valence-electron chi connectivity index (χ1n) is 6.40. The monoisotopic (exact) mass is 345 g/mol. The Hall–Kier alpha value is -1.23. The molecule has 0 saturated carbocycles. The van der Waals surface area contributed by atoms with Gasteiger partial charge in [-0.1, -0.05) is 34.8 Å². The molecule has 4 nitrogen and oxygen atoms in total. The Kier molecular flexibility index (Phi) is 5.51. The van der Waals surface area contributed by atoms with Crippen LogP contribution in [0, 0.1) is 6.92 Å². The van der Waals surface area contributed by atoms with Crippen molar-refractivity contribution >= 4 is 40.7 Å². The fraction of sp³-hybridized carbons (Fsp3) is 0.286. The predicted octanol–water partition coefficient (Wildman–Crippen LogP) is 3.97. The Morgan fingerprint density at radius 1 is 1.29 bits per heavy atom. The molecular formula is C14H14Cl3N3O. The van der Waals surface area contributed by atoms with Gasteiger partial charge in [-0.05, 0) is 31.5 Å². The lowest BCUT2D eigenvalue weighted by atomic mass is 10.2. The van der Waals surface area contributed by atoms with Gasteiger partial charge in [-0.15, -0.1) is 0 Å². The van der Waals surface area contributed by atoms with Crippen molar-refractivity contribution in [3.05, 3.63) is 50.7 Å². The van der Waals surface area contributed by atoms with Gasteiger partial charge in [-0.25, -0.2) is 0 Å². The van der Waals surface area contributed by atoms with Crippen molar-refractivity contribution in [2.24, 2.45) is 0 Å². The van der Waals surface area contributed by atoms with Crippen LogP contribution in [0.4, 0.5) is 0 Å². The topological polar surface area (TPSA) is 46.9 Å². The number of aromatic nitrogens is 2. The lowest BCUT2D eigenvalue weighted by Crippen LogP contribution is -2.25. The first-order valence-corrected chi connectivity index (χ1v) is 7.53. The van der Waals surface area contributed by atoms with E-state index in [-0.39, 0.29) is 5.91 Å². The number of hydrogen-bond donors (Lipinski definition) is 1. The molecule has 0 bridgehead atoms. The summed E-state index contributed by atoms with van der Waals surface area (Å²) >= 11 is 17.7. The molecule has 2 aromatic rings. The molecule has 0 aliphatic rings. The van der Waals surface area contributed by atoms with Gasteiger partial charge in [0, 0.05) is 24.3 Å². The maximum absolute atomic E-state index is 12.0. The maximum atomic E-state index is 12.0. The minimum absolute atomic E-state index is 0.216. The van der Waals surface area contributed by atoms with Gasteiger partial charge < -0.3 is 5.32 Å². The van der Waals surface area contributed by atoms with Crippen molar-refractivity contribution in [3.63, 3.8) is 0 Å². The summed E-state index contributed by atoms with van der Waals surface area (Å²) in [6.45, 7) is 3.06. The zero-order valence-corrected chi connectivity index (χ0v) is 13.6. The summed E-state index contributed by atoms with van der Waals surface area (Å²) in [6, 6.07) is 4.79. The summed E-state index contributed by atoms with van der Waals surface area (Å²) in [6.07, 6.45) is 2.52. The molecule has 0 spiro atoms. The Bertz CT molecular complexity index is 635. The number of carbonyl (C=O) groups is 1. The zero-order chi connectivity index (χ0) is 15.4. The van der Waals surface area contributed by atoms with Gasteiger partial charge >= 0.3 is 0 Å². The van der Waals surface area contributed by atoms with E-state index in [1.165, 1.54) is 0 Å². The summed E-state index contributed by atoms with van der Waals surface area (Å²) < 4.78 is 1.76. The summed E-state index contributed by atoms with van der Waals surface area (Å²) in [5, 5.41) is 8.55. The first kappa shape index (κ1) is 16.1. The van der Waals surface area contributed by atoms with Crippen LogP contribution in [-0.2, 0) is 6.54 Å². The second kappa shape index (κ2) is 7.16. The second-order valence-corrected chi connectivity index (χ2v) is 5.81. The highest BCUT2D eigenvalue weighted by Crippen LogP contribution is 2.20. The van der Waals surface area contributed by atoms with Crippen molar-refractivity contribution in [1.29, 1.82) is 0 Å². The average molecular weight is 347 g/mol. The van der Waals surface area contributed by atoms with E-state index in [4.69, 9.17) is 34.8 Å². The molecule has 0 aliphatic heterocycles. The van der Waals surface area contributed by atoms with Crippen LogP contribution in [0.2, 0.25) is 15.1 Å². The number of nitrogens with one attached hydrogen (secondary N) is 1. The molecule has 7 heteroatoms. The summed E-state index contributed by atoms with van der Waals surface area (Å²) in [4.78, 5) is 12.0. The normalized spacial score (nSPS) is 10.7. The highest BCUT2D eigenvalue weighted by molar-refractivity contribution is 6.36. The van der Waals surface area contributed by atoms with E-state index in [0.717, 1.165) is 12.1 Å². The Morgan fingerprint density at radius 2 is 2.05 bits per heavy atom. The number of amides is 1. The average Bonchev–Trinajstić information content (AvgIpc) is 2.73. The highest BCUT2D eigenvalue weighted by atomic mass is 35.5.